The van der Waals surface area contributed by atoms with Crippen LogP contribution in [0.2, 0.25) is 0 Å². The Labute approximate surface area is 118 Å². The van der Waals surface area contributed by atoms with Crippen LogP contribution in [0.4, 0.5) is 0 Å². The molecule has 4 nitrogen and oxygen atoms in total. The van der Waals surface area contributed by atoms with Gasteiger partial charge in [-0.1, -0.05) is 20.8 Å². The lowest BCUT2D eigenvalue weighted by molar-refractivity contribution is -0.138. The average Bonchev–Trinajstić information content (AvgIpc) is 2.49. The number of piperazine rings is 1. The second-order valence-electron chi connectivity index (χ2n) is 5.34. The topological polar surface area (TPSA) is 26.8 Å². The average molecular weight is 269 g/mol. The number of hydrogen-bond acceptors (Lipinski definition) is 3. The van der Waals surface area contributed by atoms with Crippen LogP contribution in [0.5, 0.6) is 0 Å². The molecule has 2 aliphatic heterocycles. The van der Waals surface area contributed by atoms with Gasteiger partial charge in [0, 0.05) is 32.1 Å². The van der Waals surface area contributed by atoms with E-state index in [4.69, 9.17) is 0 Å². The molecule has 2 heterocycles. The van der Waals surface area contributed by atoms with Crippen molar-refractivity contribution >= 4 is 5.91 Å². The van der Waals surface area contributed by atoms with E-state index < -0.39 is 0 Å². The van der Waals surface area contributed by atoms with Crippen LogP contribution in [0.15, 0.2) is 0 Å². The highest BCUT2D eigenvalue weighted by Crippen LogP contribution is 2.20. The molecule has 0 aliphatic carbocycles. The van der Waals surface area contributed by atoms with Gasteiger partial charge in [0.2, 0.25) is 5.91 Å². The van der Waals surface area contributed by atoms with E-state index in [0.29, 0.717) is 11.8 Å². The predicted octanol–water partition coefficient (Wildman–Crippen LogP) is 1.52. The first-order valence-corrected chi connectivity index (χ1v) is 7.90. The number of hydrogen-bond donors (Lipinski definition) is 0. The summed E-state index contributed by atoms with van der Waals surface area (Å²) in [6.45, 7) is 13.4. The second-order valence-corrected chi connectivity index (χ2v) is 5.34. The first kappa shape index (κ1) is 16.4. The third-order valence-electron chi connectivity index (χ3n) is 4.20. The van der Waals surface area contributed by atoms with E-state index in [1.54, 1.807) is 0 Å². The molecule has 0 radical (unpaired) electrons. The summed E-state index contributed by atoms with van der Waals surface area (Å²) in [5, 5.41) is 0. The molecule has 2 saturated heterocycles. The molecule has 0 N–H and O–H groups in total. The standard InChI is InChI=1S/C13H25N3O.C2H6/c1-3-15-6-4-12(5-7-15)13(17)16-10-8-14(2)9-11-16;1-2/h12H,3-11H2,1-2H3;1-2H3. The zero-order valence-corrected chi connectivity index (χ0v) is 13.2. The van der Waals surface area contributed by atoms with Crippen LogP contribution in [-0.2, 0) is 4.79 Å². The van der Waals surface area contributed by atoms with Crippen molar-refractivity contribution in [2.45, 2.75) is 33.6 Å². The highest BCUT2D eigenvalue weighted by molar-refractivity contribution is 5.79. The van der Waals surface area contributed by atoms with E-state index in [-0.39, 0.29) is 0 Å². The number of carbonyl (C=O) groups is 1. The van der Waals surface area contributed by atoms with Gasteiger partial charge in [-0.2, -0.15) is 0 Å². The van der Waals surface area contributed by atoms with Crippen molar-refractivity contribution < 1.29 is 4.79 Å². The zero-order valence-electron chi connectivity index (χ0n) is 13.2. The number of rotatable bonds is 2. The minimum atomic E-state index is 0.293. The van der Waals surface area contributed by atoms with Gasteiger partial charge >= 0.3 is 0 Å². The molecule has 0 unspecified atom stereocenters. The van der Waals surface area contributed by atoms with Crippen LogP contribution < -0.4 is 0 Å². The van der Waals surface area contributed by atoms with Gasteiger partial charge < -0.3 is 14.7 Å². The van der Waals surface area contributed by atoms with Gasteiger partial charge in [-0.25, -0.2) is 0 Å². The third kappa shape index (κ3) is 4.77. The molecule has 19 heavy (non-hydrogen) atoms. The van der Waals surface area contributed by atoms with E-state index in [2.05, 4.69) is 28.7 Å². The van der Waals surface area contributed by atoms with Gasteiger partial charge in [0.05, 0.1) is 0 Å². The molecule has 2 rings (SSSR count). The fraction of sp³-hybridized carbons (Fsp3) is 0.933. The number of likely N-dealkylation sites (N-methyl/N-ethyl adjacent to an activating group) is 1. The maximum absolute atomic E-state index is 12.3. The lowest BCUT2D eigenvalue weighted by atomic mass is 9.95. The molecular formula is C15H31N3O. The van der Waals surface area contributed by atoms with Crippen LogP contribution >= 0.6 is 0 Å². The highest BCUT2D eigenvalue weighted by Gasteiger charge is 2.29. The lowest BCUT2D eigenvalue weighted by Crippen LogP contribution is -2.50. The molecule has 0 spiro atoms. The Balaban J connectivity index is 0.000000861. The fourth-order valence-electron chi connectivity index (χ4n) is 2.78. The Bertz CT molecular complexity index is 254. The van der Waals surface area contributed by atoms with Gasteiger partial charge in [-0.3, -0.25) is 4.79 Å². The predicted molar refractivity (Wildman–Crippen MR) is 80.3 cm³/mol. The SMILES string of the molecule is CC.CCN1CCC(C(=O)N2CCN(C)CC2)CC1. The second kappa shape index (κ2) is 8.54. The van der Waals surface area contributed by atoms with Crippen molar-refractivity contribution in [3.63, 3.8) is 0 Å². The van der Waals surface area contributed by atoms with Crippen LogP contribution in [0.3, 0.4) is 0 Å². The van der Waals surface area contributed by atoms with E-state index in [1.807, 2.05) is 13.8 Å². The van der Waals surface area contributed by atoms with Crippen molar-refractivity contribution in [1.82, 2.24) is 14.7 Å². The molecule has 1 amide bonds. The monoisotopic (exact) mass is 269 g/mol. The third-order valence-corrected chi connectivity index (χ3v) is 4.20. The molecule has 2 fully saturated rings. The van der Waals surface area contributed by atoms with Gasteiger partial charge in [0.25, 0.3) is 0 Å². The van der Waals surface area contributed by atoms with Crippen molar-refractivity contribution in [3.05, 3.63) is 0 Å². The van der Waals surface area contributed by atoms with E-state index >= 15 is 0 Å². The first-order valence-electron chi connectivity index (χ1n) is 7.90. The quantitative estimate of drug-likeness (QED) is 0.760. The van der Waals surface area contributed by atoms with Crippen molar-refractivity contribution in [2.24, 2.45) is 5.92 Å². The Morgan fingerprint density at radius 1 is 1.00 bits per heavy atom. The van der Waals surface area contributed by atoms with Gasteiger partial charge in [0.1, 0.15) is 0 Å². The number of likely N-dealkylation sites (tertiary alicyclic amines) is 1. The number of piperidine rings is 1. The molecule has 0 bridgehead atoms. The summed E-state index contributed by atoms with van der Waals surface area (Å²) in [4.78, 5) is 19.2. The number of amides is 1. The summed E-state index contributed by atoms with van der Waals surface area (Å²) in [7, 11) is 2.13. The van der Waals surface area contributed by atoms with E-state index in [0.717, 1.165) is 58.7 Å². The number of carbonyl (C=O) groups excluding carboxylic acids is 1. The van der Waals surface area contributed by atoms with E-state index in [9.17, 15) is 4.79 Å². The number of nitrogens with zero attached hydrogens (tertiary/aromatic N) is 3. The Morgan fingerprint density at radius 2 is 1.53 bits per heavy atom. The molecule has 2 aliphatic rings. The largest absolute Gasteiger partial charge is 0.340 e. The Hall–Kier alpha value is -0.610. The van der Waals surface area contributed by atoms with Crippen LogP contribution in [0.1, 0.15) is 33.6 Å². The molecule has 0 aromatic rings. The molecule has 0 saturated carbocycles. The van der Waals surface area contributed by atoms with Gasteiger partial charge in [-0.05, 0) is 39.5 Å². The summed E-state index contributed by atoms with van der Waals surface area (Å²) in [5.74, 6) is 0.704. The van der Waals surface area contributed by atoms with Gasteiger partial charge in [-0.15, -0.1) is 0 Å². The van der Waals surface area contributed by atoms with Crippen LogP contribution in [-0.4, -0.2) is 73.5 Å². The zero-order chi connectivity index (χ0) is 14.3. The summed E-state index contributed by atoms with van der Waals surface area (Å²) in [6, 6.07) is 0. The Kier molecular flexibility index (Phi) is 7.39. The maximum atomic E-state index is 12.3. The Morgan fingerprint density at radius 3 is 2.00 bits per heavy atom. The maximum Gasteiger partial charge on any atom is 0.225 e. The van der Waals surface area contributed by atoms with Crippen molar-refractivity contribution in [1.29, 1.82) is 0 Å². The summed E-state index contributed by atoms with van der Waals surface area (Å²) in [6.07, 6.45) is 2.11. The molecule has 0 atom stereocenters. The van der Waals surface area contributed by atoms with Crippen LogP contribution in [0, 0.1) is 5.92 Å². The summed E-state index contributed by atoms with van der Waals surface area (Å²) in [5.41, 5.74) is 0. The minimum absolute atomic E-state index is 0.293. The minimum Gasteiger partial charge on any atom is -0.340 e. The first-order chi connectivity index (χ1) is 9.20. The van der Waals surface area contributed by atoms with Crippen molar-refractivity contribution in [2.75, 3.05) is 52.9 Å². The van der Waals surface area contributed by atoms with Crippen LogP contribution in [0.25, 0.3) is 0 Å². The summed E-state index contributed by atoms with van der Waals surface area (Å²) >= 11 is 0. The molecule has 4 heteroatoms. The highest BCUT2D eigenvalue weighted by atomic mass is 16.2. The molecule has 0 aromatic carbocycles. The van der Waals surface area contributed by atoms with E-state index in [1.165, 1.54) is 0 Å². The molecular weight excluding hydrogens is 238 g/mol. The lowest BCUT2D eigenvalue weighted by Gasteiger charge is -2.37. The smallest absolute Gasteiger partial charge is 0.225 e. The molecule has 0 aromatic heterocycles. The molecule has 112 valence electrons. The summed E-state index contributed by atoms with van der Waals surface area (Å²) < 4.78 is 0. The normalized spacial score (nSPS) is 22.8. The van der Waals surface area contributed by atoms with Crippen molar-refractivity contribution in [3.8, 4) is 0 Å². The fourth-order valence-corrected chi connectivity index (χ4v) is 2.78. The van der Waals surface area contributed by atoms with Gasteiger partial charge in [0.15, 0.2) is 0 Å².